The molecule has 7 aromatic rings. The van der Waals surface area contributed by atoms with Gasteiger partial charge in [0.25, 0.3) is 0 Å². The highest BCUT2D eigenvalue weighted by atomic mass is 15.1. The van der Waals surface area contributed by atoms with E-state index >= 15 is 0 Å². The second kappa shape index (κ2) is 12.2. The zero-order chi connectivity index (χ0) is 37.5. The Morgan fingerprint density at radius 3 is 1.67 bits per heavy atom. The number of para-hydroxylation sites is 1. The van der Waals surface area contributed by atoms with Crippen molar-refractivity contribution < 1.29 is 0 Å². The monoisotopic (exact) mass is 703 g/mol. The first-order valence-electron chi connectivity index (χ1n) is 19.2. The lowest BCUT2D eigenvalue weighted by Crippen LogP contribution is -2.26. The van der Waals surface area contributed by atoms with Crippen LogP contribution in [0.3, 0.4) is 0 Å². The van der Waals surface area contributed by atoms with E-state index in [2.05, 4.69) is 202 Å². The van der Waals surface area contributed by atoms with Crippen LogP contribution in [-0.4, -0.2) is 0 Å². The average molecular weight is 704 g/mol. The van der Waals surface area contributed by atoms with Crippen molar-refractivity contribution in [1.82, 2.24) is 0 Å². The van der Waals surface area contributed by atoms with Crippen LogP contribution >= 0.6 is 0 Å². The van der Waals surface area contributed by atoms with E-state index in [1.807, 2.05) is 6.08 Å². The van der Waals surface area contributed by atoms with Crippen molar-refractivity contribution in [1.29, 1.82) is 0 Å². The minimum Gasteiger partial charge on any atom is -0.310 e. The lowest BCUT2D eigenvalue weighted by Gasteiger charge is -2.32. The van der Waals surface area contributed by atoms with Gasteiger partial charge >= 0.3 is 0 Å². The highest BCUT2D eigenvalue weighted by Gasteiger charge is 2.51. The fourth-order valence-corrected chi connectivity index (χ4v) is 10.0. The summed E-state index contributed by atoms with van der Waals surface area (Å²) in [6, 6.07) is 58.8. The van der Waals surface area contributed by atoms with Crippen molar-refractivity contribution in [2.75, 3.05) is 4.90 Å². The van der Waals surface area contributed by atoms with Crippen LogP contribution in [-0.2, 0) is 10.8 Å². The molecule has 3 aliphatic carbocycles. The lowest BCUT2D eigenvalue weighted by atomic mass is 9.70. The topological polar surface area (TPSA) is 3.24 Å². The maximum atomic E-state index is 5.64. The number of hydrogen-bond acceptors (Lipinski definition) is 1. The molecule has 262 valence electrons. The largest absolute Gasteiger partial charge is 0.310 e. The maximum Gasteiger partial charge on any atom is 0.0726 e. The maximum absolute atomic E-state index is 5.64. The number of fused-ring (bicyclic) bond motifs is 11. The van der Waals surface area contributed by atoms with E-state index in [0.717, 1.165) is 11.4 Å². The molecule has 0 radical (unpaired) electrons. The zero-order valence-electron chi connectivity index (χ0n) is 31.7. The Hall–Kier alpha value is -6.62. The number of nitrogens with zero attached hydrogens (tertiary/aromatic N) is 1. The van der Waals surface area contributed by atoms with E-state index in [-0.39, 0.29) is 5.41 Å². The van der Waals surface area contributed by atoms with Crippen LogP contribution in [0.25, 0.3) is 39.0 Å². The van der Waals surface area contributed by atoms with Crippen molar-refractivity contribution in [3.05, 3.63) is 214 Å². The predicted octanol–water partition coefficient (Wildman–Crippen LogP) is 13.7. The summed E-state index contributed by atoms with van der Waals surface area (Å²) in [5.74, 6) is 2.69. The Bertz CT molecular complexity index is 2750. The standard InChI is InChI=1S/C54H41N/c1-6-7-18-40-36(3)53(4,5)52-41(22-16-23-46(40)52)37-28-30-38(31-29-37)55(51-27-15-8-17-35(51)2)39-32-33-45-44-21-11-14-26-49(44)54(50(45)34-39)47-24-12-9-19-42(47)43-20-10-13-25-48(43)54/h1,7-34H,2-5H3/b18-7-. The van der Waals surface area contributed by atoms with E-state index < -0.39 is 5.41 Å². The summed E-state index contributed by atoms with van der Waals surface area (Å²) < 4.78 is 0. The fourth-order valence-electron chi connectivity index (χ4n) is 10.0. The summed E-state index contributed by atoms with van der Waals surface area (Å²) in [5, 5.41) is 0. The first kappa shape index (κ1) is 33.0. The van der Waals surface area contributed by atoms with Crippen molar-refractivity contribution >= 4 is 22.6 Å². The molecule has 10 rings (SSSR count). The van der Waals surface area contributed by atoms with Gasteiger partial charge in [-0.05, 0) is 134 Å². The minimum absolute atomic E-state index is 0.124. The molecular formula is C54H41N. The molecule has 1 nitrogen and oxygen atoms in total. The third-order valence-corrected chi connectivity index (χ3v) is 12.7. The Morgan fingerprint density at radius 2 is 1.05 bits per heavy atom. The molecule has 7 aromatic carbocycles. The molecule has 3 aliphatic rings. The van der Waals surface area contributed by atoms with Crippen LogP contribution in [0.15, 0.2) is 175 Å². The van der Waals surface area contributed by atoms with Gasteiger partial charge in [0.15, 0.2) is 0 Å². The highest BCUT2D eigenvalue weighted by molar-refractivity contribution is 5.97. The van der Waals surface area contributed by atoms with Gasteiger partial charge in [-0.2, -0.15) is 0 Å². The summed E-state index contributed by atoms with van der Waals surface area (Å²) in [4.78, 5) is 2.44. The molecule has 0 amide bonds. The van der Waals surface area contributed by atoms with E-state index in [1.165, 1.54) is 89.2 Å². The number of aryl methyl sites for hydroxylation is 1. The summed E-state index contributed by atoms with van der Waals surface area (Å²) >= 11 is 0. The summed E-state index contributed by atoms with van der Waals surface area (Å²) in [7, 11) is 0. The highest BCUT2D eigenvalue weighted by Crippen LogP contribution is 2.63. The van der Waals surface area contributed by atoms with Gasteiger partial charge < -0.3 is 4.90 Å². The van der Waals surface area contributed by atoms with Crippen molar-refractivity contribution in [2.24, 2.45) is 0 Å². The Morgan fingerprint density at radius 1 is 0.527 bits per heavy atom. The van der Waals surface area contributed by atoms with E-state index in [1.54, 1.807) is 0 Å². The van der Waals surface area contributed by atoms with Gasteiger partial charge in [-0.3, -0.25) is 0 Å². The second-order valence-electron chi connectivity index (χ2n) is 15.7. The van der Waals surface area contributed by atoms with E-state index in [0.29, 0.717) is 0 Å². The molecule has 0 aliphatic heterocycles. The molecule has 0 saturated carbocycles. The quantitative estimate of drug-likeness (QED) is 0.161. The minimum atomic E-state index is -0.405. The molecule has 0 fully saturated rings. The molecule has 0 N–H and O–H groups in total. The molecule has 55 heavy (non-hydrogen) atoms. The fraction of sp³-hybridized carbons (Fsp3) is 0.111. The summed E-state index contributed by atoms with van der Waals surface area (Å²) in [6.45, 7) is 9.11. The number of anilines is 3. The van der Waals surface area contributed by atoms with Crippen molar-refractivity contribution in [3.8, 4) is 45.7 Å². The number of allylic oxidation sites excluding steroid dienone is 4. The smallest absolute Gasteiger partial charge is 0.0726 e. The third-order valence-electron chi connectivity index (χ3n) is 12.7. The Kier molecular flexibility index (Phi) is 7.32. The molecule has 1 spiro atoms. The number of rotatable bonds is 5. The van der Waals surface area contributed by atoms with E-state index in [9.17, 15) is 0 Å². The summed E-state index contributed by atoms with van der Waals surface area (Å²) in [5.41, 5.74) is 22.4. The van der Waals surface area contributed by atoms with Gasteiger partial charge in [-0.15, -0.1) is 6.42 Å². The van der Waals surface area contributed by atoms with Crippen molar-refractivity contribution in [3.63, 3.8) is 0 Å². The van der Waals surface area contributed by atoms with Crippen LogP contribution < -0.4 is 4.90 Å². The first-order chi connectivity index (χ1) is 26.9. The average Bonchev–Trinajstić information content (AvgIpc) is 3.76. The normalized spacial score (nSPS) is 15.0. The van der Waals surface area contributed by atoms with E-state index in [4.69, 9.17) is 6.42 Å². The van der Waals surface area contributed by atoms with Gasteiger partial charge in [0.2, 0.25) is 0 Å². The molecule has 0 atom stereocenters. The SMILES string of the molecule is C#C/C=C\C1=C(C)C(C)(C)c2c1cccc2-c1ccc(N(c2ccc3c(c2)C2(c4ccccc4-c4ccccc42)c2ccccc2-3)c2ccccc2C)cc1. The first-order valence-corrected chi connectivity index (χ1v) is 19.2. The third kappa shape index (κ3) is 4.55. The van der Waals surface area contributed by atoms with Gasteiger partial charge in [0, 0.05) is 22.5 Å². The van der Waals surface area contributed by atoms with Crippen LogP contribution in [0.5, 0.6) is 0 Å². The summed E-state index contributed by atoms with van der Waals surface area (Å²) in [6.07, 6.45) is 9.55. The van der Waals surface area contributed by atoms with Gasteiger partial charge in [-0.1, -0.05) is 153 Å². The molecule has 1 heteroatoms. The Labute approximate surface area is 325 Å². The molecule has 0 bridgehead atoms. The molecule has 0 aromatic heterocycles. The number of terminal acetylenes is 1. The van der Waals surface area contributed by atoms with Gasteiger partial charge in [-0.25, -0.2) is 0 Å². The number of hydrogen-bond donors (Lipinski definition) is 0. The lowest BCUT2D eigenvalue weighted by molar-refractivity contribution is 0.641. The van der Waals surface area contributed by atoms with Crippen LogP contribution in [0.4, 0.5) is 17.1 Å². The number of benzene rings is 7. The van der Waals surface area contributed by atoms with Crippen LogP contribution in [0.1, 0.15) is 59.7 Å². The molecule has 0 saturated heterocycles. The molecule has 0 unspecified atom stereocenters. The second-order valence-corrected chi connectivity index (χ2v) is 15.7. The van der Waals surface area contributed by atoms with Crippen LogP contribution in [0.2, 0.25) is 0 Å². The van der Waals surface area contributed by atoms with Gasteiger partial charge in [0.05, 0.1) is 5.41 Å². The predicted molar refractivity (Wildman–Crippen MR) is 231 cm³/mol. The Balaban J connectivity index is 1.15. The molecule has 0 heterocycles. The van der Waals surface area contributed by atoms with Crippen molar-refractivity contribution in [2.45, 2.75) is 38.5 Å². The van der Waals surface area contributed by atoms with Crippen LogP contribution in [0, 0.1) is 19.3 Å². The van der Waals surface area contributed by atoms with Gasteiger partial charge in [0.1, 0.15) is 0 Å². The molecular weight excluding hydrogens is 663 g/mol. The zero-order valence-corrected chi connectivity index (χ0v) is 31.7.